The van der Waals surface area contributed by atoms with Crippen molar-refractivity contribution < 1.29 is 0 Å². The highest BCUT2D eigenvalue weighted by Crippen LogP contribution is 2.52. The van der Waals surface area contributed by atoms with Gasteiger partial charge in [0.15, 0.2) is 0 Å². The molecule has 7 aromatic rings. The average molecular weight is 641 g/mol. The third-order valence-corrected chi connectivity index (χ3v) is 10.0. The largest absolute Gasteiger partial charge is 0.313 e. The maximum atomic E-state index is 2.43. The average Bonchev–Trinajstić information content (AvgIpc) is 3.53. The fourth-order valence-electron chi connectivity index (χ4n) is 7.54. The minimum Gasteiger partial charge on any atom is -0.313 e. The molecule has 7 aromatic carbocycles. The molecule has 1 aliphatic heterocycles. The number of anilines is 5. The summed E-state index contributed by atoms with van der Waals surface area (Å²) >= 11 is 0. The molecule has 2 heteroatoms. The molecule has 2 nitrogen and oxygen atoms in total. The second-order valence-corrected chi connectivity index (χ2v) is 13.0. The Bertz CT molecular complexity index is 2220. The molecule has 0 N–H and O–H groups in total. The number of rotatable bonds is 7. The molecule has 1 heterocycles. The highest BCUT2D eigenvalue weighted by atomic mass is 15.2. The third kappa shape index (κ3) is 5.51. The predicted octanol–water partition coefficient (Wildman–Crippen LogP) is 13.1. The van der Waals surface area contributed by atoms with E-state index in [-0.39, 0.29) is 0 Å². The number of fused-ring (bicyclic) bond motifs is 3. The van der Waals surface area contributed by atoms with E-state index in [9.17, 15) is 0 Å². The van der Waals surface area contributed by atoms with Crippen molar-refractivity contribution in [1.29, 1.82) is 0 Å². The SMILES string of the molecule is C1=C(c2ccc(N(c3ccc(-c4ccccc4)cc3)c3ccc(-c4ccccc4)cc3)cc2)CC2C(=C1)N(c1ccccc1)c1ccccc12. The topological polar surface area (TPSA) is 6.48 Å². The molecule has 0 spiro atoms. The summed E-state index contributed by atoms with van der Waals surface area (Å²) in [5, 5.41) is 0. The Labute approximate surface area is 294 Å². The van der Waals surface area contributed by atoms with Crippen LogP contribution in [0.2, 0.25) is 0 Å². The Balaban J connectivity index is 1.05. The zero-order valence-corrected chi connectivity index (χ0v) is 27.7. The summed E-state index contributed by atoms with van der Waals surface area (Å²) in [5.41, 5.74) is 16.1. The fraction of sp³-hybridized carbons (Fsp3) is 0.0417. The van der Waals surface area contributed by atoms with Gasteiger partial charge in [0.1, 0.15) is 0 Å². The molecule has 0 saturated heterocycles. The van der Waals surface area contributed by atoms with Crippen molar-refractivity contribution in [3.05, 3.63) is 217 Å². The standard InChI is InChI=1S/C48H36N2/c1-4-12-35(13-5-1)37-20-27-42(28-21-37)49(43-29-22-38(23-30-43)36-14-6-2-7-15-36)44-31-24-39(25-32-44)40-26-33-48-46(34-40)45-18-10-11-19-47(45)50(48)41-16-8-3-9-17-41/h1-33,46H,34H2. The van der Waals surface area contributed by atoms with Crippen molar-refractivity contribution in [2.45, 2.75) is 12.3 Å². The minimum absolute atomic E-state index is 0.328. The van der Waals surface area contributed by atoms with Crippen LogP contribution in [-0.4, -0.2) is 0 Å². The van der Waals surface area contributed by atoms with Crippen molar-refractivity contribution in [3.8, 4) is 22.3 Å². The van der Waals surface area contributed by atoms with Gasteiger partial charge in [-0.3, -0.25) is 0 Å². The van der Waals surface area contributed by atoms with Crippen LogP contribution in [0.15, 0.2) is 206 Å². The van der Waals surface area contributed by atoms with E-state index in [2.05, 4.69) is 210 Å². The Morgan fingerprint density at radius 3 is 1.38 bits per heavy atom. The molecule has 1 unspecified atom stereocenters. The van der Waals surface area contributed by atoms with Crippen LogP contribution in [0.5, 0.6) is 0 Å². The van der Waals surface area contributed by atoms with Gasteiger partial charge in [-0.1, -0.05) is 140 Å². The van der Waals surface area contributed by atoms with E-state index in [1.807, 2.05) is 0 Å². The smallest absolute Gasteiger partial charge is 0.0497 e. The maximum absolute atomic E-state index is 2.43. The van der Waals surface area contributed by atoms with Gasteiger partial charge in [-0.05, 0) is 106 Å². The molecule has 1 atom stereocenters. The first-order chi connectivity index (χ1) is 24.8. The van der Waals surface area contributed by atoms with Gasteiger partial charge in [-0.25, -0.2) is 0 Å². The van der Waals surface area contributed by atoms with Gasteiger partial charge < -0.3 is 9.80 Å². The quantitative estimate of drug-likeness (QED) is 0.171. The van der Waals surface area contributed by atoms with Gasteiger partial charge in [-0.2, -0.15) is 0 Å². The third-order valence-electron chi connectivity index (χ3n) is 10.0. The van der Waals surface area contributed by atoms with Gasteiger partial charge in [0.2, 0.25) is 0 Å². The van der Waals surface area contributed by atoms with E-state index >= 15 is 0 Å². The number of allylic oxidation sites excluding steroid dienone is 4. The predicted molar refractivity (Wildman–Crippen MR) is 210 cm³/mol. The summed E-state index contributed by atoms with van der Waals surface area (Å²) in [6, 6.07) is 67.7. The van der Waals surface area contributed by atoms with Crippen molar-refractivity contribution in [3.63, 3.8) is 0 Å². The van der Waals surface area contributed by atoms with Crippen molar-refractivity contribution in [1.82, 2.24) is 0 Å². The van der Waals surface area contributed by atoms with Crippen LogP contribution in [-0.2, 0) is 0 Å². The van der Waals surface area contributed by atoms with E-state index in [0.717, 1.165) is 23.5 Å². The lowest BCUT2D eigenvalue weighted by Gasteiger charge is -2.27. The molecule has 0 amide bonds. The van der Waals surface area contributed by atoms with E-state index in [4.69, 9.17) is 0 Å². The van der Waals surface area contributed by atoms with Crippen LogP contribution in [0, 0.1) is 0 Å². The molecule has 0 bridgehead atoms. The van der Waals surface area contributed by atoms with Crippen molar-refractivity contribution >= 4 is 34.0 Å². The number of hydrogen-bond acceptors (Lipinski definition) is 2. The summed E-state index contributed by atoms with van der Waals surface area (Å²) in [6.45, 7) is 0. The summed E-state index contributed by atoms with van der Waals surface area (Å²) < 4.78 is 0. The van der Waals surface area contributed by atoms with Crippen LogP contribution < -0.4 is 9.80 Å². The van der Waals surface area contributed by atoms with E-state index < -0.39 is 0 Å². The summed E-state index contributed by atoms with van der Waals surface area (Å²) in [6.07, 6.45) is 5.63. The first-order valence-corrected chi connectivity index (χ1v) is 17.4. The Hall–Kier alpha value is -6.38. The molecule has 0 fully saturated rings. The molecule has 0 aromatic heterocycles. The van der Waals surface area contributed by atoms with Crippen molar-refractivity contribution in [2.75, 3.05) is 9.80 Å². The Morgan fingerprint density at radius 2 is 0.840 bits per heavy atom. The highest BCUT2D eigenvalue weighted by molar-refractivity contribution is 5.84. The summed E-state index contributed by atoms with van der Waals surface area (Å²) in [5.74, 6) is 0.328. The van der Waals surface area contributed by atoms with Crippen LogP contribution >= 0.6 is 0 Å². The van der Waals surface area contributed by atoms with E-state index in [0.29, 0.717) is 5.92 Å². The second kappa shape index (κ2) is 12.9. The zero-order valence-electron chi connectivity index (χ0n) is 27.7. The van der Waals surface area contributed by atoms with Gasteiger partial charge in [0.25, 0.3) is 0 Å². The molecule has 2 aliphatic rings. The van der Waals surface area contributed by atoms with E-state index in [1.165, 1.54) is 56.0 Å². The molecule has 238 valence electrons. The molecule has 9 rings (SSSR count). The van der Waals surface area contributed by atoms with Gasteiger partial charge >= 0.3 is 0 Å². The van der Waals surface area contributed by atoms with E-state index in [1.54, 1.807) is 0 Å². The van der Waals surface area contributed by atoms with Crippen molar-refractivity contribution in [2.24, 2.45) is 0 Å². The van der Waals surface area contributed by atoms with Crippen LogP contribution in [0.4, 0.5) is 28.4 Å². The first kappa shape index (κ1) is 29.7. The molecule has 1 aliphatic carbocycles. The van der Waals surface area contributed by atoms with Crippen LogP contribution in [0.25, 0.3) is 27.8 Å². The van der Waals surface area contributed by atoms with Gasteiger partial charge in [0.05, 0.1) is 0 Å². The number of benzene rings is 7. The zero-order chi connectivity index (χ0) is 33.3. The summed E-state index contributed by atoms with van der Waals surface area (Å²) in [7, 11) is 0. The van der Waals surface area contributed by atoms with Crippen LogP contribution in [0.3, 0.4) is 0 Å². The first-order valence-electron chi connectivity index (χ1n) is 17.4. The Kier molecular flexibility index (Phi) is 7.68. The normalized spacial score (nSPS) is 14.7. The number of hydrogen-bond donors (Lipinski definition) is 0. The molecule has 0 radical (unpaired) electrons. The highest BCUT2D eigenvalue weighted by Gasteiger charge is 2.36. The minimum atomic E-state index is 0.328. The van der Waals surface area contributed by atoms with Gasteiger partial charge in [-0.15, -0.1) is 0 Å². The fourth-order valence-corrected chi connectivity index (χ4v) is 7.54. The lowest BCUT2D eigenvalue weighted by atomic mass is 9.85. The lowest BCUT2D eigenvalue weighted by Crippen LogP contribution is -2.15. The van der Waals surface area contributed by atoms with Gasteiger partial charge in [0, 0.05) is 40.1 Å². The summed E-state index contributed by atoms with van der Waals surface area (Å²) in [4.78, 5) is 4.78. The number of para-hydroxylation sites is 2. The molecule has 0 saturated carbocycles. The second-order valence-electron chi connectivity index (χ2n) is 13.0. The van der Waals surface area contributed by atoms with Crippen LogP contribution in [0.1, 0.15) is 23.5 Å². The number of nitrogens with zero attached hydrogens (tertiary/aromatic N) is 2. The Morgan fingerprint density at radius 1 is 0.400 bits per heavy atom. The lowest BCUT2D eigenvalue weighted by molar-refractivity contribution is 0.832. The molecular formula is C48H36N2. The maximum Gasteiger partial charge on any atom is 0.0497 e. The molecule has 50 heavy (non-hydrogen) atoms. The monoisotopic (exact) mass is 640 g/mol. The molecular weight excluding hydrogens is 605 g/mol.